The van der Waals surface area contributed by atoms with Gasteiger partial charge in [-0.2, -0.15) is 0 Å². The van der Waals surface area contributed by atoms with Gasteiger partial charge in [-0.1, -0.05) is 0 Å². The number of carbonyl (C=O) groups excluding carboxylic acids is 4. The van der Waals surface area contributed by atoms with Crippen molar-refractivity contribution in [3.8, 4) is 0 Å². The maximum atomic E-state index is 12.5. The van der Waals surface area contributed by atoms with Crippen molar-refractivity contribution in [3.05, 3.63) is 39.4 Å². The van der Waals surface area contributed by atoms with Crippen LogP contribution in [-0.2, 0) is 9.59 Å². The molecule has 4 amide bonds. The van der Waals surface area contributed by atoms with Gasteiger partial charge in [-0.05, 0) is 67.8 Å². The average Bonchev–Trinajstić information content (AvgIpc) is 2.95. The number of nitro benzene ring substituents is 1. The van der Waals surface area contributed by atoms with Crippen molar-refractivity contribution < 1.29 is 24.1 Å². The SMILES string of the molecule is O=C(CN1C(=O)c2ccc([N+](=O)[O-])cc2C1=O)NNC(=O)CC12CC3CC(CC(C3)C1)C2. The molecule has 10 heteroatoms. The Morgan fingerprint density at radius 2 is 1.53 bits per heavy atom. The normalized spacial score (nSPS) is 29.8. The van der Waals surface area contributed by atoms with Crippen molar-refractivity contribution in [1.82, 2.24) is 15.8 Å². The van der Waals surface area contributed by atoms with Crippen LogP contribution in [-0.4, -0.2) is 40.0 Å². The quantitative estimate of drug-likeness (QED) is 0.408. The predicted molar refractivity (Wildman–Crippen MR) is 110 cm³/mol. The zero-order valence-corrected chi connectivity index (χ0v) is 17.5. The zero-order valence-electron chi connectivity index (χ0n) is 17.5. The molecule has 6 rings (SSSR count). The number of nitro groups is 1. The average molecular weight is 440 g/mol. The van der Waals surface area contributed by atoms with E-state index < -0.39 is 29.2 Å². The van der Waals surface area contributed by atoms with Crippen LogP contribution in [0.1, 0.15) is 65.7 Å². The van der Waals surface area contributed by atoms with E-state index in [9.17, 15) is 29.3 Å². The highest BCUT2D eigenvalue weighted by atomic mass is 16.6. The van der Waals surface area contributed by atoms with Crippen LogP contribution < -0.4 is 10.9 Å². The Morgan fingerprint density at radius 1 is 0.969 bits per heavy atom. The van der Waals surface area contributed by atoms with Crippen LogP contribution in [0.5, 0.6) is 0 Å². The maximum absolute atomic E-state index is 12.5. The van der Waals surface area contributed by atoms with Gasteiger partial charge in [0.25, 0.3) is 23.4 Å². The smallest absolute Gasteiger partial charge is 0.270 e. The lowest BCUT2D eigenvalue weighted by Gasteiger charge is -2.56. The zero-order chi connectivity index (χ0) is 22.6. The van der Waals surface area contributed by atoms with Gasteiger partial charge < -0.3 is 0 Å². The number of fused-ring (bicyclic) bond motifs is 1. The number of hydrogen-bond donors (Lipinski definition) is 2. The lowest BCUT2D eigenvalue weighted by atomic mass is 9.49. The van der Waals surface area contributed by atoms with E-state index in [-0.39, 0.29) is 28.1 Å². The first-order valence-electron chi connectivity index (χ1n) is 11.0. The number of carbonyl (C=O) groups is 4. The van der Waals surface area contributed by atoms with E-state index >= 15 is 0 Å². The number of non-ortho nitro benzene ring substituents is 1. The molecule has 10 nitrogen and oxygen atoms in total. The molecule has 32 heavy (non-hydrogen) atoms. The third kappa shape index (κ3) is 3.53. The van der Waals surface area contributed by atoms with E-state index in [4.69, 9.17) is 0 Å². The van der Waals surface area contributed by atoms with Crippen molar-refractivity contribution in [2.45, 2.75) is 44.9 Å². The number of rotatable bonds is 5. The number of nitrogens with zero attached hydrogens (tertiary/aromatic N) is 2. The number of imide groups is 1. The molecule has 2 N–H and O–H groups in total. The van der Waals surface area contributed by atoms with Crippen LogP contribution >= 0.6 is 0 Å². The van der Waals surface area contributed by atoms with Crippen molar-refractivity contribution in [2.75, 3.05) is 6.54 Å². The van der Waals surface area contributed by atoms with Crippen molar-refractivity contribution >= 4 is 29.3 Å². The molecule has 0 radical (unpaired) electrons. The minimum absolute atomic E-state index is 0.0132. The summed E-state index contributed by atoms with van der Waals surface area (Å²) < 4.78 is 0. The van der Waals surface area contributed by atoms with Crippen LogP contribution in [0.3, 0.4) is 0 Å². The fourth-order valence-electron chi connectivity index (χ4n) is 6.75. The molecule has 1 aromatic carbocycles. The van der Waals surface area contributed by atoms with Crippen LogP contribution in [0.25, 0.3) is 0 Å². The van der Waals surface area contributed by atoms with E-state index in [1.807, 2.05) is 0 Å². The van der Waals surface area contributed by atoms with E-state index in [1.165, 1.54) is 25.3 Å². The fraction of sp³-hybridized carbons (Fsp3) is 0.545. The minimum atomic E-state index is -0.774. The molecule has 5 aliphatic rings. The second kappa shape index (κ2) is 7.39. The van der Waals surface area contributed by atoms with Crippen molar-refractivity contribution in [2.24, 2.45) is 23.2 Å². The van der Waals surface area contributed by atoms with E-state index in [0.717, 1.165) is 36.3 Å². The summed E-state index contributed by atoms with van der Waals surface area (Å²) in [5.74, 6) is -0.306. The topological polar surface area (TPSA) is 139 Å². The highest BCUT2D eigenvalue weighted by molar-refractivity contribution is 6.22. The maximum Gasteiger partial charge on any atom is 0.270 e. The molecular formula is C22H24N4O6. The standard InChI is InChI=1S/C22H24N4O6/c27-18(10-22-7-12-3-13(8-22)5-14(4-12)9-22)23-24-19(28)11-25-20(29)16-2-1-15(26(31)32)6-17(16)21(25)30/h1-2,6,12-14H,3-5,7-11H2,(H,23,27)(H,24,28). The molecule has 4 aliphatic carbocycles. The molecule has 4 bridgehead atoms. The van der Waals surface area contributed by atoms with Gasteiger partial charge in [0, 0.05) is 18.6 Å². The summed E-state index contributed by atoms with van der Waals surface area (Å²) in [4.78, 5) is 60.8. The Kier molecular flexibility index (Phi) is 4.75. The molecule has 0 saturated heterocycles. The number of hydrazine groups is 1. The second-order valence-electron chi connectivity index (χ2n) is 9.87. The lowest BCUT2D eigenvalue weighted by Crippen LogP contribution is -2.51. The van der Waals surface area contributed by atoms with E-state index in [2.05, 4.69) is 10.9 Å². The molecule has 0 aromatic heterocycles. The summed E-state index contributed by atoms with van der Waals surface area (Å²) >= 11 is 0. The summed E-state index contributed by atoms with van der Waals surface area (Å²) in [6.07, 6.45) is 7.42. The molecule has 1 heterocycles. The minimum Gasteiger partial charge on any atom is -0.273 e. The van der Waals surface area contributed by atoms with Crippen molar-refractivity contribution in [1.29, 1.82) is 0 Å². The first-order chi connectivity index (χ1) is 15.2. The lowest BCUT2D eigenvalue weighted by molar-refractivity contribution is -0.384. The summed E-state index contributed by atoms with van der Waals surface area (Å²) in [5.41, 5.74) is 4.35. The number of benzene rings is 1. The molecule has 4 saturated carbocycles. The molecule has 0 spiro atoms. The molecule has 4 fully saturated rings. The third-order valence-corrected chi connectivity index (χ3v) is 7.51. The van der Waals surface area contributed by atoms with E-state index in [0.29, 0.717) is 24.2 Å². The van der Waals surface area contributed by atoms with Gasteiger partial charge in [-0.25, -0.2) is 0 Å². The van der Waals surface area contributed by atoms with Crippen LogP contribution in [0.4, 0.5) is 5.69 Å². The van der Waals surface area contributed by atoms with Crippen molar-refractivity contribution in [3.63, 3.8) is 0 Å². The van der Waals surface area contributed by atoms with Crippen LogP contribution in [0.2, 0.25) is 0 Å². The van der Waals surface area contributed by atoms with Gasteiger partial charge in [0.1, 0.15) is 6.54 Å². The predicted octanol–water partition coefficient (Wildman–Crippen LogP) is 1.94. The van der Waals surface area contributed by atoms with Crippen LogP contribution in [0.15, 0.2) is 18.2 Å². The summed E-state index contributed by atoms with van der Waals surface area (Å²) in [7, 11) is 0. The first-order valence-corrected chi connectivity index (χ1v) is 11.0. The van der Waals surface area contributed by atoms with Gasteiger partial charge in [-0.15, -0.1) is 0 Å². The van der Waals surface area contributed by atoms with Crippen LogP contribution in [0, 0.1) is 33.3 Å². The Balaban J connectivity index is 1.16. The monoisotopic (exact) mass is 440 g/mol. The number of nitrogens with one attached hydrogen (secondary N) is 2. The van der Waals surface area contributed by atoms with Gasteiger partial charge in [0.2, 0.25) is 5.91 Å². The summed E-state index contributed by atoms with van der Waals surface area (Å²) in [6.45, 7) is -0.586. The molecule has 1 aromatic rings. The number of amides is 4. The largest absolute Gasteiger partial charge is 0.273 e. The molecule has 0 atom stereocenters. The summed E-state index contributed by atoms with van der Waals surface area (Å²) in [6, 6.07) is 3.37. The molecule has 1 aliphatic heterocycles. The second-order valence-corrected chi connectivity index (χ2v) is 9.87. The summed E-state index contributed by atoms with van der Waals surface area (Å²) in [5, 5.41) is 10.9. The highest BCUT2D eigenvalue weighted by Gasteiger charge is 2.51. The number of hydrogen-bond acceptors (Lipinski definition) is 6. The Hall–Kier alpha value is -3.30. The fourth-order valence-corrected chi connectivity index (χ4v) is 6.75. The van der Waals surface area contributed by atoms with Gasteiger partial charge in [0.05, 0.1) is 16.1 Å². The highest BCUT2D eigenvalue weighted by Crippen LogP contribution is 2.61. The van der Waals surface area contributed by atoms with Gasteiger partial charge >= 0.3 is 0 Å². The molecular weight excluding hydrogens is 416 g/mol. The Morgan fingerprint density at radius 3 is 2.12 bits per heavy atom. The Labute approximate surface area is 183 Å². The first kappa shape index (κ1) is 20.6. The Bertz CT molecular complexity index is 1020. The third-order valence-electron chi connectivity index (χ3n) is 7.51. The molecule has 168 valence electrons. The van der Waals surface area contributed by atoms with E-state index in [1.54, 1.807) is 0 Å². The molecule has 0 unspecified atom stereocenters. The van der Waals surface area contributed by atoms with Gasteiger partial charge in [0.15, 0.2) is 0 Å². The van der Waals surface area contributed by atoms with Gasteiger partial charge in [-0.3, -0.25) is 45.0 Å².